The van der Waals surface area contributed by atoms with Crippen LogP contribution in [0.4, 0.5) is 4.79 Å². The van der Waals surface area contributed by atoms with Gasteiger partial charge in [-0.05, 0) is 39.9 Å². The Morgan fingerprint density at radius 3 is 2.88 bits per heavy atom. The summed E-state index contributed by atoms with van der Waals surface area (Å²) in [4.78, 5) is 22.3. The van der Waals surface area contributed by atoms with Gasteiger partial charge >= 0.3 is 6.09 Å². The molecule has 134 valence electrons. The second kappa shape index (κ2) is 8.25. The number of ether oxygens (including phenoxy) is 2. The topological polar surface area (TPSA) is 64.5 Å². The molecule has 1 atom stereocenters. The highest BCUT2D eigenvalue weighted by atomic mass is 35.5. The molecule has 0 bridgehead atoms. The molecule has 0 saturated carbocycles. The maximum absolute atomic E-state index is 12.2. The third-order valence-electron chi connectivity index (χ3n) is 3.47. The third-order valence-corrected chi connectivity index (χ3v) is 4.21. The predicted molar refractivity (Wildman–Crippen MR) is 94.8 cm³/mol. The summed E-state index contributed by atoms with van der Waals surface area (Å²) < 4.78 is 11.2. The fourth-order valence-corrected chi connectivity index (χ4v) is 3.03. The summed E-state index contributed by atoms with van der Waals surface area (Å²) in [6.07, 6.45) is 3.57. The van der Waals surface area contributed by atoms with Crippen LogP contribution in [0.25, 0.3) is 0 Å². The normalized spacial score (nSPS) is 18.4. The maximum Gasteiger partial charge on any atom is 0.410 e. The Morgan fingerprint density at radius 1 is 1.46 bits per heavy atom. The summed E-state index contributed by atoms with van der Waals surface area (Å²) in [5, 5.41) is 0.944. The van der Waals surface area contributed by atoms with Crippen LogP contribution in [-0.2, 0) is 4.74 Å². The van der Waals surface area contributed by atoms with E-state index in [1.54, 1.807) is 11.0 Å². The minimum atomic E-state index is -0.480. The van der Waals surface area contributed by atoms with Gasteiger partial charge in [0, 0.05) is 25.1 Å². The lowest BCUT2D eigenvalue weighted by Crippen LogP contribution is -2.44. The van der Waals surface area contributed by atoms with E-state index in [1.165, 1.54) is 11.8 Å². The lowest BCUT2D eigenvalue weighted by molar-refractivity contribution is 0.0138. The first-order valence-corrected chi connectivity index (χ1v) is 9.56. The number of carbonyl (C=O) groups excluding carboxylic acids is 1. The van der Waals surface area contributed by atoms with Crippen molar-refractivity contribution in [3.63, 3.8) is 0 Å². The number of hydrogen-bond donors (Lipinski definition) is 0. The van der Waals surface area contributed by atoms with Gasteiger partial charge in [0.25, 0.3) is 0 Å². The fraction of sp³-hybridized carbons (Fsp3) is 0.688. The zero-order valence-corrected chi connectivity index (χ0v) is 16.1. The Hall–Kier alpha value is -1.21. The highest BCUT2D eigenvalue weighted by molar-refractivity contribution is 7.98. The van der Waals surface area contributed by atoms with Crippen LogP contribution >= 0.6 is 23.4 Å². The predicted octanol–water partition coefficient (Wildman–Crippen LogP) is 3.88. The van der Waals surface area contributed by atoms with Crippen molar-refractivity contribution in [3.8, 4) is 5.88 Å². The molecule has 0 aromatic carbocycles. The first kappa shape index (κ1) is 19.1. The number of rotatable bonds is 4. The van der Waals surface area contributed by atoms with Gasteiger partial charge in [-0.2, -0.15) is 4.98 Å². The van der Waals surface area contributed by atoms with E-state index in [9.17, 15) is 4.79 Å². The molecule has 1 aliphatic heterocycles. The summed E-state index contributed by atoms with van der Waals surface area (Å²) in [6, 6.07) is 1.61. The highest BCUT2D eigenvalue weighted by Crippen LogP contribution is 2.22. The molecule has 0 N–H and O–H groups in total. The van der Waals surface area contributed by atoms with Crippen molar-refractivity contribution in [3.05, 3.63) is 11.2 Å². The molecule has 0 radical (unpaired) electrons. The van der Waals surface area contributed by atoms with E-state index in [0.717, 1.165) is 19.4 Å². The van der Waals surface area contributed by atoms with Crippen molar-refractivity contribution in [2.24, 2.45) is 5.92 Å². The standard InChI is InChI=1S/C16H24ClN3O3S/c1-16(2,3)23-15(21)20-7-5-6-11(9-20)10-22-13-8-12(17)18-14(19-13)24-4/h8,11H,5-7,9-10H2,1-4H3/t11-/m1/s1. The van der Waals surface area contributed by atoms with Crippen LogP contribution < -0.4 is 4.74 Å². The van der Waals surface area contributed by atoms with Gasteiger partial charge < -0.3 is 14.4 Å². The molecule has 2 rings (SSSR count). The second-order valence-electron chi connectivity index (χ2n) is 6.76. The van der Waals surface area contributed by atoms with Crippen LogP contribution in [0, 0.1) is 5.92 Å². The molecule has 1 aromatic rings. The Bertz CT molecular complexity index is 580. The van der Waals surface area contributed by atoms with Gasteiger partial charge in [-0.15, -0.1) is 0 Å². The minimum absolute atomic E-state index is 0.248. The number of aromatic nitrogens is 2. The van der Waals surface area contributed by atoms with Gasteiger partial charge in [-0.25, -0.2) is 9.78 Å². The van der Waals surface area contributed by atoms with Crippen molar-refractivity contribution >= 4 is 29.5 Å². The van der Waals surface area contributed by atoms with E-state index in [1.807, 2.05) is 27.0 Å². The van der Waals surface area contributed by atoms with Gasteiger partial charge in [0.15, 0.2) is 5.16 Å². The number of thioether (sulfide) groups is 1. The van der Waals surface area contributed by atoms with Crippen molar-refractivity contribution in [2.45, 2.75) is 44.4 Å². The van der Waals surface area contributed by atoms with Crippen molar-refractivity contribution in [1.82, 2.24) is 14.9 Å². The van der Waals surface area contributed by atoms with Crippen LogP contribution in [0.1, 0.15) is 33.6 Å². The Morgan fingerprint density at radius 2 is 2.21 bits per heavy atom. The average molecular weight is 374 g/mol. The molecule has 0 spiro atoms. The van der Waals surface area contributed by atoms with Gasteiger partial charge in [0.05, 0.1) is 6.61 Å². The van der Waals surface area contributed by atoms with E-state index >= 15 is 0 Å². The lowest BCUT2D eigenvalue weighted by atomic mass is 9.99. The molecular formula is C16H24ClN3O3S. The molecule has 0 aliphatic carbocycles. The van der Waals surface area contributed by atoms with E-state index in [2.05, 4.69) is 9.97 Å². The van der Waals surface area contributed by atoms with Crippen LogP contribution in [0.2, 0.25) is 5.15 Å². The van der Waals surface area contributed by atoms with Gasteiger partial charge in [0.1, 0.15) is 10.8 Å². The molecule has 24 heavy (non-hydrogen) atoms. The first-order valence-electron chi connectivity index (χ1n) is 7.96. The number of halogens is 1. The molecule has 1 fully saturated rings. The third kappa shape index (κ3) is 6.02. The Balaban J connectivity index is 1.89. The molecular weight excluding hydrogens is 350 g/mol. The molecule has 0 unspecified atom stereocenters. The number of likely N-dealkylation sites (tertiary alicyclic amines) is 1. The molecule has 1 aliphatic rings. The van der Waals surface area contributed by atoms with Crippen molar-refractivity contribution in [1.29, 1.82) is 0 Å². The number of nitrogens with zero attached hydrogens (tertiary/aromatic N) is 3. The SMILES string of the molecule is CSc1nc(Cl)cc(OC[C@@H]2CCCN(C(=O)OC(C)(C)C)C2)n1. The number of hydrogen-bond acceptors (Lipinski definition) is 6. The summed E-state index contributed by atoms with van der Waals surface area (Å²) in [5.74, 6) is 0.714. The van der Waals surface area contributed by atoms with Crippen molar-refractivity contribution in [2.75, 3.05) is 26.0 Å². The van der Waals surface area contributed by atoms with Crippen LogP contribution in [0.15, 0.2) is 11.2 Å². The van der Waals surface area contributed by atoms with Gasteiger partial charge in [-0.1, -0.05) is 23.4 Å². The Kier molecular flexibility index (Phi) is 6.57. The molecule has 1 aromatic heterocycles. The molecule has 1 saturated heterocycles. The molecule has 1 amide bonds. The summed E-state index contributed by atoms with van der Waals surface area (Å²) >= 11 is 7.37. The number of carbonyl (C=O) groups is 1. The number of amides is 1. The maximum atomic E-state index is 12.2. The summed E-state index contributed by atoms with van der Waals surface area (Å²) in [5.41, 5.74) is -0.480. The largest absolute Gasteiger partial charge is 0.477 e. The van der Waals surface area contributed by atoms with Gasteiger partial charge in [0.2, 0.25) is 5.88 Å². The average Bonchev–Trinajstić information content (AvgIpc) is 2.51. The monoisotopic (exact) mass is 373 g/mol. The summed E-state index contributed by atoms with van der Waals surface area (Å²) in [7, 11) is 0. The van der Waals surface area contributed by atoms with E-state index < -0.39 is 5.60 Å². The number of piperidine rings is 1. The zero-order chi connectivity index (χ0) is 17.7. The molecule has 8 heteroatoms. The smallest absolute Gasteiger partial charge is 0.410 e. The van der Waals surface area contributed by atoms with Crippen LogP contribution in [0.5, 0.6) is 5.88 Å². The summed E-state index contributed by atoms with van der Waals surface area (Å²) in [6.45, 7) is 7.46. The minimum Gasteiger partial charge on any atom is -0.477 e. The highest BCUT2D eigenvalue weighted by Gasteiger charge is 2.28. The molecule has 6 nitrogen and oxygen atoms in total. The van der Waals surface area contributed by atoms with Crippen LogP contribution in [-0.4, -0.2) is 52.5 Å². The van der Waals surface area contributed by atoms with Gasteiger partial charge in [-0.3, -0.25) is 0 Å². The van der Waals surface area contributed by atoms with E-state index in [4.69, 9.17) is 21.1 Å². The quantitative estimate of drug-likeness (QED) is 0.453. The first-order chi connectivity index (χ1) is 11.3. The van der Waals surface area contributed by atoms with Crippen molar-refractivity contribution < 1.29 is 14.3 Å². The Labute approximate surface area is 152 Å². The zero-order valence-electron chi connectivity index (χ0n) is 14.5. The molecule has 2 heterocycles. The van der Waals surface area contributed by atoms with Crippen LogP contribution in [0.3, 0.4) is 0 Å². The van der Waals surface area contributed by atoms with E-state index in [0.29, 0.717) is 29.3 Å². The second-order valence-corrected chi connectivity index (χ2v) is 7.92. The van der Waals surface area contributed by atoms with E-state index in [-0.39, 0.29) is 12.0 Å². The lowest BCUT2D eigenvalue weighted by Gasteiger charge is -2.33. The fourth-order valence-electron chi connectivity index (χ4n) is 2.44.